The summed E-state index contributed by atoms with van der Waals surface area (Å²) in [6.07, 6.45) is 14.9. The number of nitrogens with one attached hydrogen (secondary N) is 1. The van der Waals surface area contributed by atoms with Crippen LogP contribution < -0.4 is 10.1 Å². The van der Waals surface area contributed by atoms with E-state index >= 15 is 0 Å². The molecule has 3 fully saturated rings. The molecule has 2 aromatic carbocycles. The molecule has 28 heavy (non-hydrogen) atoms. The van der Waals surface area contributed by atoms with E-state index in [0.29, 0.717) is 5.54 Å². The summed E-state index contributed by atoms with van der Waals surface area (Å²) in [6, 6.07) is 13.4. The van der Waals surface area contributed by atoms with Gasteiger partial charge in [0, 0.05) is 12.1 Å². The Morgan fingerprint density at radius 2 is 1.61 bits per heavy atom. The molecular formula is C26H37NO. The highest BCUT2D eigenvalue weighted by Gasteiger charge is 2.39. The molecule has 1 N–H and O–H groups in total. The molecule has 2 bridgehead atoms. The molecule has 3 aliphatic carbocycles. The Hall–Kier alpha value is -1.54. The van der Waals surface area contributed by atoms with Gasteiger partial charge in [-0.25, -0.2) is 0 Å². The summed E-state index contributed by atoms with van der Waals surface area (Å²) >= 11 is 0. The molecule has 0 amide bonds. The lowest BCUT2D eigenvalue weighted by atomic mass is 9.66. The number of fused-ring (bicyclic) bond motifs is 4. The zero-order valence-electron chi connectivity index (χ0n) is 17.6. The average molecular weight is 380 g/mol. The van der Waals surface area contributed by atoms with Crippen molar-refractivity contribution >= 4 is 10.8 Å². The molecule has 0 radical (unpaired) electrons. The maximum Gasteiger partial charge on any atom is 0.119 e. The third-order valence-corrected chi connectivity index (χ3v) is 7.15. The molecule has 5 rings (SSSR count). The SMILES string of the molecule is CCCCCCCOc1ccc2cc(CNC34CCC(CC3)CC4)ccc2c1. The minimum Gasteiger partial charge on any atom is -0.494 e. The van der Waals surface area contributed by atoms with Crippen LogP contribution in [0.1, 0.15) is 83.1 Å². The highest BCUT2D eigenvalue weighted by atomic mass is 16.5. The van der Waals surface area contributed by atoms with Gasteiger partial charge < -0.3 is 10.1 Å². The van der Waals surface area contributed by atoms with E-state index in [1.165, 1.54) is 80.5 Å². The molecular weight excluding hydrogens is 342 g/mol. The Labute approximate surface area is 171 Å². The Morgan fingerprint density at radius 1 is 0.893 bits per heavy atom. The molecule has 2 heteroatoms. The highest BCUT2D eigenvalue weighted by molar-refractivity contribution is 5.84. The van der Waals surface area contributed by atoms with Gasteiger partial charge in [0.15, 0.2) is 0 Å². The number of hydrogen-bond acceptors (Lipinski definition) is 2. The number of rotatable bonds is 10. The van der Waals surface area contributed by atoms with Gasteiger partial charge in [-0.3, -0.25) is 0 Å². The molecule has 3 aliphatic rings. The van der Waals surface area contributed by atoms with E-state index in [1.54, 1.807) is 0 Å². The molecule has 2 aromatic rings. The van der Waals surface area contributed by atoms with Crippen LogP contribution in [0.3, 0.4) is 0 Å². The monoisotopic (exact) mass is 379 g/mol. The summed E-state index contributed by atoms with van der Waals surface area (Å²) in [5.41, 5.74) is 1.83. The van der Waals surface area contributed by atoms with Crippen molar-refractivity contribution < 1.29 is 4.74 Å². The van der Waals surface area contributed by atoms with E-state index in [2.05, 4.69) is 48.6 Å². The fourth-order valence-corrected chi connectivity index (χ4v) is 5.17. The van der Waals surface area contributed by atoms with Crippen LogP contribution in [0.25, 0.3) is 10.8 Å². The maximum atomic E-state index is 5.97. The predicted molar refractivity (Wildman–Crippen MR) is 119 cm³/mol. The van der Waals surface area contributed by atoms with Crippen LogP contribution in [-0.4, -0.2) is 12.1 Å². The summed E-state index contributed by atoms with van der Waals surface area (Å²) in [5.74, 6) is 2.03. The van der Waals surface area contributed by atoms with Crippen LogP contribution in [0.5, 0.6) is 5.75 Å². The molecule has 0 aliphatic heterocycles. The predicted octanol–water partition coefficient (Wildman–Crippen LogP) is 7.00. The zero-order chi connectivity index (χ0) is 19.2. The van der Waals surface area contributed by atoms with Crippen molar-refractivity contribution in [3.05, 3.63) is 42.0 Å². The lowest BCUT2D eigenvalue weighted by molar-refractivity contribution is 0.104. The zero-order valence-corrected chi connectivity index (χ0v) is 17.6. The second kappa shape index (κ2) is 9.31. The molecule has 152 valence electrons. The van der Waals surface area contributed by atoms with Gasteiger partial charge in [-0.1, -0.05) is 50.8 Å². The minimum atomic E-state index is 0.429. The van der Waals surface area contributed by atoms with Gasteiger partial charge in [-0.05, 0) is 85.4 Å². The Bertz CT molecular complexity index is 746. The van der Waals surface area contributed by atoms with Crippen LogP contribution in [0.4, 0.5) is 0 Å². The van der Waals surface area contributed by atoms with Crippen molar-refractivity contribution in [3.63, 3.8) is 0 Å². The van der Waals surface area contributed by atoms with E-state index in [-0.39, 0.29) is 0 Å². The van der Waals surface area contributed by atoms with Crippen molar-refractivity contribution in [2.24, 2.45) is 5.92 Å². The third-order valence-electron chi connectivity index (χ3n) is 7.15. The maximum absolute atomic E-state index is 5.97. The van der Waals surface area contributed by atoms with E-state index in [1.807, 2.05) is 0 Å². The van der Waals surface area contributed by atoms with E-state index in [0.717, 1.165) is 31.2 Å². The van der Waals surface area contributed by atoms with Gasteiger partial charge in [0.05, 0.1) is 6.61 Å². The van der Waals surface area contributed by atoms with Crippen LogP contribution in [0, 0.1) is 5.92 Å². The lowest BCUT2D eigenvalue weighted by Gasteiger charge is -2.47. The van der Waals surface area contributed by atoms with Crippen LogP contribution in [-0.2, 0) is 6.54 Å². The van der Waals surface area contributed by atoms with Crippen molar-refractivity contribution in [3.8, 4) is 5.75 Å². The second-order valence-corrected chi connectivity index (χ2v) is 9.22. The van der Waals surface area contributed by atoms with Gasteiger partial charge in [0.2, 0.25) is 0 Å². The molecule has 0 aromatic heterocycles. The van der Waals surface area contributed by atoms with Gasteiger partial charge in [-0.15, -0.1) is 0 Å². The van der Waals surface area contributed by atoms with Crippen LogP contribution in [0.2, 0.25) is 0 Å². The lowest BCUT2D eigenvalue weighted by Crippen LogP contribution is -2.51. The van der Waals surface area contributed by atoms with E-state index in [9.17, 15) is 0 Å². The van der Waals surface area contributed by atoms with Crippen molar-refractivity contribution in [2.45, 2.75) is 89.6 Å². The van der Waals surface area contributed by atoms with Gasteiger partial charge >= 0.3 is 0 Å². The summed E-state index contributed by atoms with van der Waals surface area (Å²) in [4.78, 5) is 0. The number of unbranched alkanes of at least 4 members (excludes halogenated alkanes) is 4. The van der Waals surface area contributed by atoms with Gasteiger partial charge in [0.1, 0.15) is 5.75 Å². The summed E-state index contributed by atoms with van der Waals surface area (Å²) in [7, 11) is 0. The Kier molecular flexibility index (Phi) is 6.57. The second-order valence-electron chi connectivity index (χ2n) is 9.22. The molecule has 0 atom stereocenters. The Morgan fingerprint density at radius 3 is 2.39 bits per heavy atom. The standard InChI is InChI=1S/C26H37NO/c1-2-3-4-5-6-17-28-25-10-9-23-18-22(7-8-24(23)19-25)20-27-26-14-11-21(12-15-26)13-16-26/h7-10,18-19,21,27H,2-6,11-17,20H2,1H3. The highest BCUT2D eigenvalue weighted by Crippen LogP contribution is 2.44. The van der Waals surface area contributed by atoms with Gasteiger partial charge in [-0.2, -0.15) is 0 Å². The summed E-state index contributed by atoms with van der Waals surface area (Å²) in [5, 5.41) is 6.54. The first-order chi connectivity index (χ1) is 13.8. The molecule has 0 unspecified atom stereocenters. The number of hydrogen-bond donors (Lipinski definition) is 1. The molecule has 0 spiro atoms. The van der Waals surface area contributed by atoms with Crippen molar-refractivity contribution in [2.75, 3.05) is 6.61 Å². The molecule has 0 heterocycles. The first-order valence-corrected chi connectivity index (χ1v) is 11.7. The van der Waals surface area contributed by atoms with Crippen molar-refractivity contribution in [1.82, 2.24) is 5.32 Å². The fraction of sp³-hybridized carbons (Fsp3) is 0.615. The first-order valence-electron chi connectivity index (χ1n) is 11.7. The first kappa shape index (κ1) is 19.8. The quantitative estimate of drug-likeness (QED) is 0.449. The Balaban J connectivity index is 1.30. The van der Waals surface area contributed by atoms with Gasteiger partial charge in [0.25, 0.3) is 0 Å². The third kappa shape index (κ3) is 4.89. The number of benzene rings is 2. The largest absolute Gasteiger partial charge is 0.494 e. The van der Waals surface area contributed by atoms with Crippen molar-refractivity contribution in [1.29, 1.82) is 0 Å². The molecule has 2 nitrogen and oxygen atoms in total. The van der Waals surface area contributed by atoms with Crippen LogP contribution >= 0.6 is 0 Å². The average Bonchev–Trinajstić information content (AvgIpc) is 2.76. The molecule has 0 saturated heterocycles. The van der Waals surface area contributed by atoms with E-state index in [4.69, 9.17) is 4.74 Å². The number of ether oxygens (including phenoxy) is 1. The summed E-state index contributed by atoms with van der Waals surface area (Å²) in [6.45, 7) is 4.09. The smallest absolute Gasteiger partial charge is 0.119 e. The van der Waals surface area contributed by atoms with Crippen LogP contribution in [0.15, 0.2) is 36.4 Å². The molecule has 3 saturated carbocycles. The topological polar surface area (TPSA) is 21.3 Å². The van der Waals surface area contributed by atoms with E-state index < -0.39 is 0 Å². The fourth-order valence-electron chi connectivity index (χ4n) is 5.17. The normalized spacial score (nSPS) is 24.0. The minimum absolute atomic E-state index is 0.429. The summed E-state index contributed by atoms with van der Waals surface area (Å²) < 4.78 is 5.97.